The molecule has 0 aliphatic carbocycles. The molecule has 18 heavy (non-hydrogen) atoms. The summed E-state index contributed by atoms with van der Waals surface area (Å²) in [5.74, 6) is 0. The van der Waals surface area contributed by atoms with Crippen molar-refractivity contribution in [3.8, 4) is 0 Å². The molecule has 0 saturated heterocycles. The highest BCUT2D eigenvalue weighted by atomic mass is 16.3. The highest BCUT2D eigenvalue weighted by molar-refractivity contribution is 5.12. The monoisotopic (exact) mass is 245 g/mol. The maximum absolute atomic E-state index is 10.1. The summed E-state index contributed by atoms with van der Waals surface area (Å²) in [6.45, 7) is 3.01. The van der Waals surface area contributed by atoms with Gasteiger partial charge in [0.05, 0.1) is 12.3 Å². The van der Waals surface area contributed by atoms with Crippen LogP contribution in [0.5, 0.6) is 0 Å². The van der Waals surface area contributed by atoms with Crippen LogP contribution in [-0.4, -0.2) is 19.9 Å². The van der Waals surface area contributed by atoms with Gasteiger partial charge in [0.2, 0.25) is 0 Å². The molecule has 1 N–H and O–H groups in total. The molecule has 2 aromatic heterocycles. The summed E-state index contributed by atoms with van der Waals surface area (Å²) >= 11 is 0. The predicted octanol–water partition coefficient (Wildman–Crippen LogP) is 2.35. The zero-order chi connectivity index (χ0) is 12.8. The van der Waals surface area contributed by atoms with Crippen LogP contribution in [0.15, 0.2) is 36.9 Å². The first-order valence-electron chi connectivity index (χ1n) is 6.39. The maximum atomic E-state index is 10.1. The van der Waals surface area contributed by atoms with Gasteiger partial charge in [0.25, 0.3) is 0 Å². The van der Waals surface area contributed by atoms with E-state index in [0.29, 0.717) is 6.42 Å². The fourth-order valence-electron chi connectivity index (χ4n) is 1.92. The average Bonchev–Trinajstić information content (AvgIpc) is 2.86. The Balaban J connectivity index is 1.89. The number of aliphatic hydroxyl groups excluding tert-OH is 1. The second-order valence-corrected chi connectivity index (χ2v) is 4.45. The van der Waals surface area contributed by atoms with Gasteiger partial charge in [0.1, 0.15) is 0 Å². The molecule has 1 unspecified atom stereocenters. The quantitative estimate of drug-likeness (QED) is 0.850. The molecule has 2 rings (SSSR count). The molecule has 4 heteroatoms. The summed E-state index contributed by atoms with van der Waals surface area (Å²) in [5, 5.41) is 14.3. The molecule has 0 aromatic carbocycles. The van der Waals surface area contributed by atoms with Crippen molar-refractivity contribution in [1.29, 1.82) is 0 Å². The zero-order valence-corrected chi connectivity index (χ0v) is 10.7. The van der Waals surface area contributed by atoms with E-state index in [9.17, 15) is 5.11 Å². The third kappa shape index (κ3) is 3.40. The van der Waals surface area contributed by atoms with Gasteiger partial charge < -0.3 is 5.11 Å². The van der Waals surface area contributed by atoms with E-state index in [1.54, 1.807) is 12.4 Å². The van der Waals surface area contributed by atoms with E-state index in [-0.39, 0.29) is 0 Å². The molecule has 0 radical (unpaired) electrons. The molecular formula is C14H19N3O. The molecule has 0 aliphatic heterocycles. The van der Waals surface area contributed by atoms with Gasteiger partial charge in [-0.2, -0.15) is 5.10 Å². The van der Waals surface area contributed by atoms with Crippen molar-refractivity contribution < 1.29 is 5.11 Å². The Kier molecular flexibility index (Phi) is 4.47. The maximum Gasteiger partial charge on any atom is 0.0823 e. The van der Waals surface area contributed by atoms with Crippen LogP contribution in [0.2, 0.25) is 0 Å². The topological polar surface area (TPSA) is 50.9 Å². The number of pyridine rings is 1. The molecule has 1 atom stereocenters. The Labute approximate surface area is 107 Å². The molecule has 0 fully saturated rings. The predicted molar refractivity (Wildman–Crippen MR) is 70.0 cm³/mol. The van der Waals surface area contributed by atoms with E-state index in [4.69, 9.17) is 0 Å². The van der Waals surface area contributed by atoms with Crippen LogP contribution in [0.4, 0.5) is 0 Å². The smallest absolute Gasteiger partial charge is 0.0823 e. The normalized spacial score (nSPS) is 12.6. The van der Waals surface area contributed by atoms with Crippen molar-refractivity contribution in [3.05, 3.63) is 48.0 Å². The van der Waals surface area contributed by atoms with Crippen molar-refractivity contribution in [3.63, 3.8) is 0 Å². The molecule has 2 aromatic rings. The van der Waals surface area contributed by atoms with Gasteiger partial charge in [-0.15, -0.1) is 0 Å². The van der Waals surface area contributed by atoms with Gasteiger partial charge in [-0.25, -0.2) is 0 Å². The highest BCUT2D eigenvalue weighted by Gasteiger charge is 2.10. The van der Waals surface area contributed by atoms with Gasteiger partial charge in [-0.05, 0) is 30.9 Å². The van der Waals surface area contributed by atoms with Gasteiger partial charge >= 0.3 is 0 Å². The number of aliphatic hydroxyl groups is 1. The van der Waals surface area contributed by atoms with Crippen molar-refractivity contribution in [2.24, 2.45) is 0 Å². The summed E-state index contributed by atoms with van der Waals surface area (Å²) < 4.78 is 1.88. The lowest BCUT2D eigenvalue weighted by Crippen LogP contribution is -1.99. The minimum atomic E-state index is -0.448. The van der Waals surface area contributed by atoms with Crippen LogP contribution in [-0.2, 0) is 13.0 Å². The second kappa shape index (κ2) is 6.31. The SMILES string of the molecule is CCCn1cc(C(O)CCc2cccnc2)cn1. The molecule has 0 bridgehead atoms. The number of rotatable bonds is 6. The lowest BCUT2D eigenvalue weighted by atomic mass is 10.1. The Morgan fingerprint density at radius 2 is 2.28 bits per heavy atom. The summed E-state index contributed by atoms with van der Waals surface area (Å²) in [6, 6.07) is 3.95. The van der Waals surface area contributed by atoms with E-state index in [2.05, 4.69) is 17.0 Å². The summed E-state index contributed by atoms with van der Waals surface area (Å²) in [7, 11) is 0. The molecule has 0 amide bonds. The molecule has 2 heterocycles. The Hall–Kier alpha value is -1.68. The van der Waals surface area contributed by atoms with Crippen LogP contribution < -0.4 is 0 Å². The van der Waals surface area contributed by atoms with Crippen LogP contribution >= 0.6 is 0 Å². The lowest BCUT2D eigenvalue weighted by molar-refractivity contribution is 0.167. The Bertz CT molecular complexity index is 467. The number of nitrogens with zero attached hydrogens (tertiary/aromatic N) is 3. The van der Waals surface area contributed by atoms with E-state index in [1.807, 2.05) is 29.2 Å². The first-order valence-corrected chi connectivity index (χ1v) is 6.39. The van der Waals surface area contributed by atoms with Crippen LogP contribution in [0, 0.1) is 0 Å². The van der Waals surface area contributed by atoms with Crippen molar-refractivity contribution in [1.82, 2.24) is 14.8 Å². The third-order valence-corrected chi connectivity index (χ3v) is 2.92. The highest BCUT2D eigenvalue weighted by Crippen LogP contribution is 2.18. The zero-order valence-electron chi connectivity index (χ0n) is 10.7. The fraction of sp³-hybridized carbons (Fsp3) is 0.429. The number of aryl methyl sites for hydroxylation is 2. The standard InChI is InChI=1S/C14H19N3O/c1-2-8-17-11-13(10-16-17)14(18)6-5-12-4-3-7-15-9-12/h3-4,7,9-11,14,18H,2,5-6,8H2,1H3. The summed E-state index contributed by atoms with van der Waals surface area (Å²) in [6.07, 6.45) is 9.41. The lowest BCUT2D eigenvalue weighted by Gasteiger charge is -2.07. The van der Waals surface area contributed by atoms with Crippen molar-refractivity contribution >= 4 is 0 Å². The second-order valence-electron chi connectivity index (χ2n) is 4.45. The van der Waals surface area contributed by atoms with Crippen molar-refractivity contribution in [2.75, 3.05) is 0 Å². The Morgan fingerprint density at radius 3 is 3.00 bits per heavy atom. The van der Waals surface area contributed by atoms with Crippen LogP contribution in [0.1, 0.15) is 37.0 Å². The van der Waals surface area contributed by atoms with Gasteiger partial charge in [-0.1, -0.05) is 13.0 Å². The number of hydrogen-bond donors (Lipinski definition) is 1. The molecule has 0 aliphatic rings. The summed E-state index contributed by atoms with van der Waals surface area (Å²) in [4.78, 5) is 4.07. The minimum absolute atomic E-state index is 0.448. The summed E-state index contributed by atoms with van der Waals surface area (Å²) in [5.41, 5.74) is 2.05. The first kappa shape index (κ1) is 12.8. The largest absolute Gasteiger partial charge is 0.388 e. The third-order valence-electron chi connectivity index (χ3n) is 2.92. The van der Waals surface area contributed by atoms with Gasteiger partial charge in [0.15, 0.2) is 0 Å². The Morgan fingerprint density at radius 1 is 1.39 bits per heavy atom. The van der Waals surface area contributed by atoms with Crippen LogP contribution in [0.3, 0.4) is 0 Å². The molecule has 4 nitrogen and oxygen atoms in total. The molecular weight excluding hydrogens is 226 g/mol. The van der Waals surface area contributed by atoms with Crippen molar-refractivity contribution in [2.45, 2.75) is 38.8 Å². The average molecular weight is 245 g/mol. The number of hydrogen-bond acceptors (Lipinski definition) is 3. The first-order chi connectivity index (χ1) is 8.79. The fourth-order valence-corrected chi connectivity index (χ4v) is 1.92. The van der Waals surface area contributed by atoms with E-state index < -0.39 is 6.10 Å². The van der Waals surface area contributed by atoms with E-state index >= 15 is 0 Å². The molecule has 96 valence electrons. The van der Waals surface area contributed by atoms with Gasteiger partial charge in [0, 0.05) is 30.7 Å². The molecule has 0 saturated carbocycles. The molecule has 0 spiro atoms. The van der Waals surface area contributed by atoms with E-state index in [0.717, 1.165) is 30.5 Å². The van der Waals surface area contributed by atoms with Crippen LogP contribution in [0.25, 0.3) is 0 Å². The van der Waals surface area contributed by atoms with Gasteiger partial charge in [-0.3, -0.25) is 9.67 Å². The minimum Gasteiger partial charge on any atom is -0.388 e. The van der Waals surface area contributed by atoms with E-state index in [1.165, 1.54) is 0 Å². The number of aromatic nitrogens is 3.